The van der Waals surface area contributed by atoms with Crippen LogP contribution in [-0.2, 0) is 10.8 Å². The van der Waals surface area contributed by atoms with Crippen molar-refractivity contribution in [1.82, 2.24) is 0 Å². The molecule has 4 bridgehead atoms. The molecule has 2 aliphatic carbocycles. The monoisotopic (exact) mass is 701 g/mol. The lowest BCUT2D eigenvalue weighted by molar-refractivity contribution is -0.937. The molecule has 7 aliphatic heterocycles. The van der Waals surface area contributed by atoms with Crippen molar-refractivity contribution in [2.24, 2.45) is 11.8 Å². The van der Waals surface area contributed by atoms with Crippen molar-refractivity contribution in [3.05, 3.63) is 132 Å². The Labute approximate surface area is 308 Å². The Kier molecular flexibility index (Phi) is 6.86. The number of fused-ring (bicyclic) bond motifs is 8. The molecular formula is C44H50ClN4O2+. The van der Waals surface area contributed by atoms with Crippen LogP contribution in [0.3, 0.4) is 0 Å². The van der Waals surface area contributed by atoms with Crippen LogP contribution in [0.25, 0.3) is 0 Å². The molecule has 2 spiro atoms. The molecule has 2 aromatic carbocycles. The van der Waals surface area contributed by atoms with Crippen molar-refractivity contribution in [1.29, 1.82) is 0 Å². The first-order valence-electron chi connectivity index (χ1n) is 19.2. The van der Waals surface area contributed by atoms with Crippen LogP contribution >= 0.6 is 0 Å². The highest BCUT2D eigenvalue weighted by atomic mass is 35.5. The molecular weight excluding hydrogens is 652 g/mol. The molecule has 11 rings (SSSR count). The second-order valence-electron chi connectivity index (χ2n) is 17.2. The zero-order valence-electron chi connectivity index (χ0n) is 29.5. The molecule has 7 heteroatoms. The smallest absolute Gasteiger partial charge is 0.103 e. The summed E-state index contributed by atoms with van der Waals surface area (Å²) in [6.07, 6.45) is 18.6. The molecule has 6 fully saturated rings. The van der Waals surface area contributed by atoms with Crippen molar-refractivity contribution in [2.45, 2.75) is 60.7 Å². The lowest BCUT2D eigenvalue weighted by Crippen LogP contribution is -3.00. The molecule has 4 saturated heterocycles. The fraction of sp³-hybridized carbons (Fsp3) is 0.455. The molecule has 51 heavy (non-hydrogen) atoms. The number of benzene rings is 2. The highest BCUT2D eigenvalue weighted by Gasteiger charge is 2.75. The van der Waals surface area contributed by atoms with E-state index in [1.54, 1.807) is 11.1 Å². The van der Waals surface area contributed by atoms with Crippen molar-refractivity contribution >= 4 is 11.4 Å². The molecule has 9 aliphatic rings. The minimum absolute atomic E-state index is 0. The number of hydrogen-bond donors (Lipinski definition) is 2. The van der Waals surface area contributed by atoms with E-state index < -0.39 is 0 Å². The van der Waals surface area contributed by atoms with Gasteiger partial charge in [-0.05, 0) is 57.7 Å². The van der Waals surface area contributed by atoms with Gasteiger partial charge >= 0.3 is 0 Å². The fourth-order valence-corrected chi connectivity index (χ4v) is 14.6. The largest absolute Gasteiger partial charge is 1.00 e. The van der Waals surface area contributed by atoms with Gasteiger partial charge in [-0.2, -0.15) is 0 Å². The first-order chi connectivity index (χ1) is 24.5. The normalized spacial score (nSPS) is 42.5. The van der Waals surface area contributed by atoms with E-state index in [0.717, 1.165) is 73.9 Å². The number of para-hydroxylation sites is 2. The number of nitrogens with zero attached hydrogens (tertiary/aromatic N) is 4. The van der Waals surface area contributed by atoms with Crippen LogP contribution in [0.5, 0.6) is 0 Å². The van der Waals surface area contributed by atoms with E-state index in [0.29, 0.717) is 23.9 Å². The maximum atomic E-state index is 10.5. The van der Waals surface area contributed by atoms with E-state index in [1.165, 1.54) is 33.6 Å². The second-order valence-corrected chi connectivity index (χ2v) is 17.2. The Morgan fingerprint density at radius 2 is 1.12 bits per heavy atom. The summed E-state index contributed by atoms with van der Waals surface area (Å²) in [7, 11) is 0. The Hall–Kier alpha value is -3.39. The molecule has 6 nitrogen and oxygen atoms in total. The van der Waals surface area contributed by atoms with Crippen LogP contribution in [0, 0.1) is 11.8 Å². The Bertz CT molecular complexity index is 1860. The molecule has 7 heterocycles. The summed E-state index contributed by atoms with van der Waals surface area (Å²) >= 11 is 0. The average Bonchev–Trinajstić information content (AvgIpc) is 3.81. The van der Waals surface area contributed by atoms with E-state index in [2.05, 4.69) is 108 Å². The maximum Gasteiger partial charge on any atom is 0.103 e. The maximum absolute atomic E-state index is 10.5. The summed E-state index contributed by atoms with van der Waals surface area (Å²) in [4.78, 5) is 5.54. The van der Waals surface area contributed by atoms with Crippen molar-refractivity contribution < 1.29 is 31.6 Å². The van der Waals surface area contributed by atoms with Crippen molar-refractivity contribution in [3.63, 3.8) is 0 Å². The number of piperidine rings is 2. The third kappa shape index (κ3) is 3.60. The quantitative estimate of drug-likeness (QED) is 0.359. The average molecular weight is 702 g/mol. The summed E-state index contributed by atoms with van der Waals surface area (Å²) in [6.45, 7) is 15.0. The number of quaternary nitrogens is 2. The molecule has 6 unspecified atom stereocenters. The van der Waals surface area contributed by atoms with E-state index in [9.17, 15) is 10.2 Å². The third-order valence-corrected chi connectivity index (χ3v) is 15.9. The van der Waals surface area contributed by atoms with Gasteiger partial charge in [-0.25, -0.2) is 0 Å². The Morgan fingerprint density at radius 3 is 1.53 bits per heavy atom. The Balaban J connectivity index is 0.00000327. The van der Waals surface area contributed by atoms with Gasteiger partial charge in [-0.3, -0.25) is 0 Å². The number of aliphatic hydroxyl groups excluding tert-OH is 2. The minimum atomic E-state index is 0. The lowest BCUT2D eigenvalue weighted by atomic mass is 9.56. The molecule has 264 valence electrons. The highest BCUT2D eigenvalue weighted by Crippen LogP contribution is 2.69. The van der Waals surface area contributed by atoms with Gasteiger partial charge in [-0.1, -0.05) is 61.7 Å². The molecule has 2 aromatic rings. The summed E-state index contributed by atoms with van der Waals surface area (Å²) < 4.78 is 2.12. The SMILES string of the molecule is C=CC[N@@+]12CC[C@@]34c5ccccc5N5C=C6C7CC8[C@@]9(CC[N@@+]8(CC=C)CC7=CCO)c7ccccc7N(C=C(C(CC31)C(=CCO)C2)C54)C69.[Cl-]. The number of rotatable bonds is 6. The number of aliphatic hydroxyl groups is 2. The van der Waals surface area contributed by atoms with Crippen LogP contribution in [0.1, 0.15) is 36.8 Å². The standard InChI is InChI=1S/C44H50N4O2.ClH/c1-3-17-47-19-15-43-35-9-5-7-11-37(35)45-26-34-32-24-40-44(16-20-48(40,18-4-2)28-30(32)14-22-50)36-10-6-8-12-38(36)46(42(34)44)25-33(41(43)45)31(23-39(43)47)29(27-47)13-21-49;/h3-14,25-26,31-32,39-42,49-50H,1-2,15-24,27-28H2;1H/q+2;/p-1/t31?,32?,39?,40?,41?,42?,43-,44-,47+,48+;/m1./s1. The van der Waals surface area contributed by atoms with Gasteiger partial charge in [0.1, 0.15) is 25.2 Å². The molecule has 10 atom stereocenters. The molecule has 2 saturated carbocycles. The van der Waals surface area contributed by atoms with Gasteiger partial charge in [-0.15, -0.1) is 0 Å². The zero-order chi connectivity index (χ0) is 33.6. The van der Waals surface area contributed by atoms with Crippen molar-refractivity contribution in [3.8, 4) is 0 Å². The summed E-state index contributed by atoms with van der Waals surface area (Å²) in [5.74, 6) is 0.615. The van der Waals surface area contributed by atoms with E-state index in [1.807, 2.05) is 0 Å². The highest BCUT2D eigenvalue weighted by molar-refractivity contribution is 5.77. The van der Waals surface area contributed by atoms with Crippen LogP contribution in [-0.4, -0.2) is 95.8 Å². The molecule has 0 aromatic heterocycles. The van der Waals surface area contributed by atoms with Gasteiger partial charge in [0.15, 0.2) is 0 Å². The van der Waals surface area contributed by atoms with Gasteiger partial charge in [0.2, 0.25) is 0 Å². The van der Waals surface area contributed by atoms with E-state index >= 15 is 0 Å². The minimum Gasteiger partial charge on any atom is -1.00 e. The number of halogens is 1. The summed E-state index contributed by atoms with van der Waals surface area (Å²) in [5.41, 5.74) is 11.8. The van der Waals surface area contributed by atoms with Crippen LogP contribution in [0.15, 0.2) is 121 Å². The van der Waals surface area contributed by atoms with Crippen molar-refractivity contribution in [2.75, 3.05) is 62.3 Å². The lowest BCUT2D eigenvalue weighted by Gasteiger charge is -2.59. The Morgan fingerprint density at radius 1 is 0.686 bits per heavy atom. The van der Waals surface area contributed by atoms with Gasteiger partial charge < -0.3 is 41.4 Å². The first-order valence-corrected chi connectivity index (χ1v) is 19.2. The van der Waals surface area contributed by atoms with E-state index in [-0.39, 0.29) is 48.5 Å². The predicted molar refractivity (Wildman–Crippen MR) is 198 cm³/mol. The van der Waals surface area contributed by atoms with Crippen LogP contribution < -0.4 is 22.2 Å². The number of anilines is 2. The third-order valence-electron chi connectivity index (χ3n) is 15.9. The summed E-state index contributed by atoms with van der Waals surface area (Å²) in [5, 5.41) is 20.9. The predicted octanol–water partition coefficient (Wildman–Crippen LogP) is 2.48. The molecule has 0 radical (unpaired) electrons. The molecule has 0 amide bonds. The van der Waals surface area contributed by atoms with Gasteiger partial charge in [0.25, 0.3) is 0 Å². The fourth-order valence-electron chi connectivity index (χ4n) is 14.6. The molecule has 2 N–H and O–H groups in total. The number of hydrogen-bond acceptors (Lipinski definition) is 4. The van der Waals surface area contributed by atoms with Crippen LogP contribution in [0.2, 0.25) is 0 Å². The first kappa shape index (κ1) is 32.3. The zero-order valence-corrected chi connectivity index (χ0v) is 30.3. The topological polar surface area (TPSA) is 46.9 Å². The van der Waals surface area contributed by atoms with Gasteiger partial charge in [0, 0.05) is 61.3 Å². The summed E-state index contributed by atoms with van der Waals surface area (Å²) in [6, 6.07) is 20.3. The van der Waals surface area contributed by atoms with E-state index in [4.69, 9.17) is 0 Å². The van der Waals surface area contributed by atoms with Crippen LogP contribution in [0.4, 0.5) is 11.4 Å². The van der Waals surface area contributed by atoms with Gasteiger partial charge in [0.05, 0.1) is 62.3 Å². The second kappa shape index (κ2) is 10.8.